The number of anilines is 1. The summed E-state index contributed by atoms with van der Waals surface area (Å²) in [5.41, 5.74) is 1.89. The Morgan fingerprint density at radius 3 is 2.56 bits per heavy atom. The van der Waals surface area contributed by atoms with Crippen LogP contribution < -0.4 is 4.90 Å². The average molecular weight is 309 g/mol. The molecular formula is C13H13BrN2O2. The van der Waals surface area contributed by atoms with Crippen molar-refractivity contribution in [2.45, 2.75) is 0 Å². The molecule has 0 saturated carbocycles. The molecule has 0 atom stereocenters. The third-order valence-corrected chi connectivity index (χ3v) is 3.68. The van der Waals surface area contributed by atoms with Crippen LogP contribution in [0.2, 0.25) is 0 Å². The van der Waals surface area contributed by atoms with Crippen molar-refractivity contribution in [3.8, 4) is 11.3 Å². The Kier molecular flexibility index (Phi) is 3.34. The van der Waals surface area contributed by atoms with Gasteiger partial charge in [-0.2, -0.15) is 0 Å². The topological polar surface area (TPSA) is 38.5 Å². The van der Waals surface area contributed by atoms with Crippen LogP contribution in [0.25, 0.3) is 11.3 Å². The van der Waals surface area contributed by atoms with E-state index < -0.39 is 0 Å². The van der Waals surface area contributed by atoms with Crippen LogP contribution in [0, 0.1) is 0 Å². The van der Waals surface area contributed by atoms with E-state index in [0.29, 0.717) is 0 Å². The summed E-state index contributed by atoms with van der Waals surface area (Å²) in [6.45, 7) is 3.13. The largest absolute Gasteiger partial charge is 0.378 e. The third kappa shape index (κ3) is 2.15. The zero-order valence-corrected chi connectivity index (χ0v) is 11.4. The summed E-state index contributed by atoms with van der Waals surface area (Å²) in [6, 6.07) is 10.0. The molecule has 1 aliphatic heterocycles. The van der Waals surface area contributed by atoms with Crippen LogP contribution in [0.4, 0.5) is 5.88 Å². The average Bonchev–Trinajstić information content (AvgIpc) is 2.83. The molecular weight excluding hydrogens is 296 g/mol. The molecule has 0 N–H and O–H groups in total. The number of hydrogen-bond acceptors (Lipinski definition) is 4. The molecule has 0 aliphatic carbocycles. The van der Waals surface area contributed by atoms with Gasteiger partial charge in [0.25, 0.3) is 0 Å². The van der Waals surface area contributed by atoms with E-state index in [0.717, 1.165) is 47.9 Å². The van der Waals surface area contributed by atoms with Gasteiger partial charge in [-0.3, -0.25) is 0 Å². The molecule has 94 valence electrons. The minimum atomic E-state index is 0.730. The van der Waals surface area contributed by atoms with Gasteiger partial charge in [-0.25, -0.2) is 0 Å². The second-order valence-electron chi connectivity index (χ2n) is 4.12. The van der Waals surface area contributed by atoms with Crippen molar-refractivity contribution in [3.05, 3.63) is 34.8 Å². The molecule has 0 bridgehead atoms. The first-order valence-electron chi connectivity index (χ1n) is 5.89. The van der Waals surface area contributed by atoms with Crippen molar-refractivity contribution >= 4 is 21.8 Å². The minimum absolute atomic E-state index is 0.730. The van der Waals surface area contributed by atoms with Crippen molar-refractivity contribution in [3.63, 3.8) is 0 Å². The van der Waals surface area contributed by atoms with Crippen LogP contribution in [-0.4, -0.2) is 31.5 Å². The lowest BCUT2D eigenvalue weighted by atomic mass is 10.1. The van der Waals surface area contributed by atoms with Crippen LogP contribution in [0.5, 0.6) is 0 Å². The van der Waals surface area contributed by atoms with Gasteiger partial charge in [0.1, 0.15) is 10.2 Å². The first-order chi connectivity index (χ1) is 8.86. The van der Waals surface area contributed by atoms with Gasteiger partial charge >= 0.3 is 0 Å². The highest BCUT2D eigenvalue weighted by atomic mass is 79.9. The molecule has 0 unspecified atom stereocenters. The fraction of sp³-hybridized carbons (Fsp3) is 0.308. The summed E-state index contributed by atoms with van der Waals surface area (Å²) in [4.78, 5) is 2.15. The normalized spacial score (nSPS) is 15.9. The van der Waals surface area contributed by atoms with Crippen LogP contribution in [0.1, 0.15) is 0 Å². The van der Waals surface area contributed by atoms with Crippen LogP contribution in [-0.2, 0) is 4.74 Å². The summed E-state index contributed by atoms with van der Waals surface area (Å²) in [7, 11) is 0. The van der Waals surface area contributed by atoms with E-state index in [4.69, 9.17) is 9.26 Å². The number of morpholine rings is 1. The van der Waals surface area contributed by atoms with Gasteiger partial charge in [-0.15, -0.1) is 0 Å². The van der Waals surface area contributed by atoms with Gasteiger partial charge < -0.3 is 14.2 Å². The van der Waals surface area contributed by atoms with Crippen LogP contribution in [0.15, 0.2) is 39.3 Å². The van der Waals surface area contributed by atoms with E-state index in [9.17, 15) is 0 Å². The highest BCUT2D eigenvalue weighted by Crippen LogP contribution is 2.35. The Hall–Kier alpha value is -1.33. The molecule has 3 rings (SSSR count). The van der Waals surface area contributed by atoms with Crippen molar-refractivity contribution in [2.75, 3.05) is 31.2 Å². The summed E-state index contributed by atoms with van der Waals surface area (Å²) >= 11 is 3.58. The van der Waals surface area contributed by atoms with Crippen molar-refractivity contribution in [2.24, 2.45) is 0 Å². The fourth-order valence-electron chi connectivity index (χ4n) is 2.01. The first kappa shape index (κ1) is 11.7. The number of halogens is 1. The molecule has 1 aliphatic rings. The first-order valence-corrected chi connectivity index (χ1v) is 6.69. The molecule has 1 aromatic carbocycles. The van der Waals surface area contributed by atoms with Gasteiger partial charge in [0, 0.05) is 18.7 Å². The van der Waals surface area contributed by atoms with Gasteiger partial charge in [0.2, 0.25) is 5.88 Å². The predicted molar refractivity (Wildman–Crippen MR) is 72.7 cm³/mol. The van der Waals surface area contributed by atoms with E-state index in [1.54, 1.807) is 0 Å². The molecule has 2 heterocycles. The highest BCUT2D eigenvalue weighted by Gasteiger charge is 2.22. The molecule has 5 heteroatoms. The number of hydrogen-bond donors (Lipinski definition) is 0. The molecule has 18 heavy (non-hydrogen) atoms. The van der Waals surface area contributed by atoms with Crippen LogP contribution >= 0.6 is 15.9 Å². The number of nitrogens with zero attached hydrogens (tertiary/aromatic N) is 2. The van der Waals surface area contributed by atoms with Crippen LogP contribution in [0.3, 0.4) is 0 Å². The smallest absolute Gasteiger partial charge is 0.242 e. The molecule has 4 nitrogen and oxygen atoms in total. The standard InChI is InChI=1S/C13H13BrN2O2/c14-11-12(10-4-2-1-3-5-10)15-18-13(11)16-6-8-17-9-7-16/h1-5H,6-9H2. The Balaban J connectivity index is 1.92. The van der Waals surface area contributed by atoms with E-state index >= 15 is 0 Å². The summed E-state index contributed by atoms with van der Waals surface area (Å²) in [6.07, 6.45) is 0. The maximum Gasteiger partial charge on any atom is 0.242 e. The van der Waals surface area contributed by atoms with Gasteiger partial charge in [-0.05, 0) is 15.9 Å². The SMILES string of the molecule is Brc1c(-c2ccccc2)noc1N1CCOCC1. The number of ether oxygens (including phenoxy) is 1. The van der Waals surface area contributed by atoms with Crippen molar-refractivity contribution < 1.29 is 9.26 Å². The molecule has 2 aromatic rings. The van der Waals surface area contributed by atoms with E-state index in [-0.39, 0.29) is 0 Å². The second kappa shape index (κ2) is 5.12. The summed E-state index contributed by atoms with van der Waals surface area (Å²) in [5.74, 6) is 0.789. The quantitative estimate of drug-likeness (QED) is 0.855. The van der Waals surface area contributed by atoms with E-state index in [1.807, 2.05) is 30.3 Å². The number of aromatic nitrogens is 1. The predicted octanol–water partition coefficient (Wildman–Crippen LogP) is 2.94. The maximum absolute atomic E-state index is 5.46. The zero-order chi connectivity index (χ0) is 12.4. The lowest BCUT2D eigenvalue weighted by Crippen LogP contribution is -2.36. The van der Waals surface area contributed by atoms with Gasteiger partial charge in [0.05, 0.1) is 13.2 Å². The lowest BCUT2D eigenvalue weighted by Gasteiger charge is -2.25. The molecule has 0 spiro atoms. The Morgan fingerprint density at radius 2 is 1.83 bits per heavy atom. The lowest BCUT2D eigenvalue weighted by molar-refractivity contribution is 0.120. The monoisotopic (exact) mass is 308 g/mol. The summed E-state index contributed by atoms with van der Waals surface area (Å²) < 4.78 is 11.7. The molecule has 0 radical (unpaired) electrons. The summed E-state index contributed by atoms with van der Waals surface area (Å²) in [5, 5.41) is 4.16. The molecule has 0 amide bonds. The highest BCUT2D eigenvalue weighted by molar-refractivity contribution is 9.10. The number of benzene rings is 1. The zero-order valence-electron chi connectivity index (χ0n) is 9.80. The second-order valence-corrected chi connectivity index (χ2v) is 4.91. The van der Waals surface area contributed by atoms with E-state index in [2.05, 4.69) is 26.0 Å². The van der Waals surface area contributed by atoms with Gasteiger partial charge in [0.15, 0.2) is 0 Å². The molecule has 1 aromatic heterocycles. The maximum atomic E-state index is 5.46. The Labute approximate surface area is 114 Å². The van der Waals surface area contributed by atoms with Crippen molar-refractivity contribution in [1.82, 2.24) is 5.16 Å². The van der Waals surface area contributed by atoms with Crippen molar-refractivity contribution in [1.29, 1.82) is 0 Å². The number of rotatable bonds is 2. The van der Waals surface area contributed by atoms with E-state index in [1.165, 1.54) is 0 Å². The minimum Gasteiger partial charge on any atom is -0.378 e. The fourth-order valence-corrected chi connectivity index (χ4v) is 2.63. The molecule has 1 fully saturated rings. The third-order valence-electron chi connectivity index (χ3n) is 2.96. The Bertz CT molecular complexity index is 521. The molecule has 1 saturated heterocycles. The Morgan fingerprint density at radius 1 is 1.11 bits per heavy atom. The van der Waals surface area contributed by atoms with Gasteiger partial charge in [-0.1, -0.05) is 35.5 Å².